The molecule has 3 nitrogen and oxygen atoms in total. The molecule has 0 aliphatic carbocycles. The van der Waals surface area contributed by atoms with Gasteiger partial charge in [0.1, 0.15) is 0 Å². The van der Waals surface area contributed by atoms with E-state index in [2.05, 4.69) is 46.0 Å². The van der Waals surface area contributed by atoms with Gasteiger partial charge in [0.15, 0.2) is 0 Å². The van der Waals surface area contributed by atoms with E-state index in [1.165, 1.54) is 53.7 Å². The van der Waals surface area contributed by atoms with E-state index in [9.17, 15) is 5.11 Å². The molecule has 4 rings (SSSR count). The number of hydrogen-bond donors (Lipinski definition) is 1. The van der Waals surface area contributed by atoms with E-state index < -0.39 is 0 Å². The van der Waals surface area contributed by atoms with E-state index in [-0.39, 0.29) is 0 Å². The molecule has 4 heteroatoms. The van der Waals surface area contributed by atoms with Crippen LogP contribution in [0.5, 0.6) is 11.5 Å². The monoisotopic (exact) mass is 441 g/mol. The fourth-order valence-electron chi connectivity index (χ4n) is 3.84. The molecule has 0 atom stereocenters. The molecule has 0 bridgehead atoms. The first-order valence-electron chi connectivity index (χ1n) is 9.94. The maximum atomic E-state index is 9.83. The second-order valence-electron chi connectivity index (χ2n) is 7.58. The summed E-state index contributed by atoms with van der Waals surface area (Å²) in [6.45, 7) is 8.27. The van der Waals surface area contributed by atoms with Crippen LogP contribution < -0.4 is 4.74 Å². The summed E-state index contributed by atoms with van der Waals surface area (Å²) in [6.07, 6.45) is 2.64. The number of rotatable bonds is 6. The van der Waals surface area contributed by atoms with Crippen molar-refractivity contribution in [2.24, 2.45) is 0 Å². The Balaban J connectivity index is 1.51. The summed E-state index contributed by atoms with van der Waals surface area (Å²) in [5, 5.41) is 9.83. The van der Waals surface area contributed by atoms with Gasteiger partial charge in [-0.2, -0.15) is 0 Å². The Morgan fingerprint density at radius 1 is 0.929 bits per heavy atom. The van der Waals surface area contributed by atoms with Crippen molar-refractivity contribution in [1.29, 1.82) is 0 Å². The van der Waals surface area contributed by atoms with E-state index >= 15 is 0 Å². The predicted octanol–water partition coefficient (Wildman–Crippen LogP) is 4.87. The number of benzene rings is 2. The topological polar surface area (TPSA) is 32.7 Å². The molecule has 1 N–H and O–H groups in total. The summed E-state index contributed by atoms with van der Waals surface area (Å²) in [4.78, 5) is 7.14. The van der Waals surface area contributed by atoms with Gasteiger partial charge >= 0.3 is 173 Å². The van der Waals surface area contributed by atoms with Crippen molar-refractivity contribution in [2.45, 2.75) is 26.7 Å². The summed E-state index contributed by atoms with van der Waals surface area (Å²) >= 11 is 0.370. The second-order valence-corrected chi connectivity index (χ2v) is 9.14. The first-order valence-corrected chi connectivity index (χ1v) is 11.9. The maximum absolute atomic E-state index is 9.83. The van der Waals surface area contributed by atoms with Crippen LogP contribution in [0.2, 0.25) is 0 Å². The van der Waals surface area contributed by atoms with E-state index in [1.54, 1.807) is 6.07 Å². The van der Waals surface area contributed by atoms with Gasteiger partial charge in [-0.25, -0.2) is 0 Å². The molecule has 0 spiro atoms. The molecule has 28 heavy (non-hydrogen) atoms. The summed E-state index contributed by atoms with van der Waals surface area (Å²) in [6, 6.07) is 12.4. The molecular weight excluding hydrogens is 413 g/mol. The normalized spacial score (nSPS) is 14.5. The fourth-order valence-corrected chi connectivity index (χ4v) is 5.65. The summed E-state index contributed by atoms with van der Waals surface area (Å²) in [5.41, 5.74) is 7.06. The summed E-state index contributed by atoms with van der Waals surface area (Å²) in [7, 11) is 0. The van der Waals surface area contributed by atoms with Gasteiger partial charge in [0.05, 0.1) is 0 Å². The van der Waals surface area contributed by atoms with E-state index in [0.29, 0.717) is 20.3 Å². The Morgan fingerprint density at radius 3 is 2.21 bits per heavy atom. The van der Waals surface area contributed by atoms with Crippen molar-refractivity contribution in [3.05, 3.63) is 57.4 Å². The molecule has 0 saturated carbocycles. The standard InChI is InChI=1S/C24H27NO2Se/c1-17-13-19(5-7-23(17)26)21-15-28-16-22(21)20-6-8-24(18(2)14-20)27-12-11-25-9-3-4-10-25/h5-8,13-16,26H,3-4,9-12H2,1-2H3. The minimum atomic E-state index is 0.352. The average Bonchev–Trinajstić information content (AvgIpc) is 3.37. The SMILES string of the molecule is Cc1cc(-c2c[se]cc2-c2ccc(OCCN3CCCC3)c(C)c2)ccc1O. The Labute approximate surface area is 173 Å². The first kappa shape index (κ1) is 19.3. The molecular formula is C24H27NO2Se. The van der Waals surface area contributed by atoms with Crippen LogP contribution in [0, 0.1) is 13.8 Å². The number of phenolic OH excluding ortho intramolecular Hbond substituents is 1. The van der Waals surface area contributed by atoms with Gasteiger partial charge in [0.25, 0.3) is 0 Å². The molecule has 0 radical (unpaired) electrons. The molecule has 1 aliphatic rings. The van der Waals surface area contributed by atoms with Crippen LogP contribution in [0.1, 0.15) is 24.0 Å². The molecule has 3 aromatic rings. The van der Waals surface area contributed by atoms with Crippen LogP contribution in [0.25, 0.3) is 22.3 Å². The van der Waals surface area contributed by atoms with Gasteiger partial charge in [-0.3, -0.25) is 0 Å². The average molecular weight is 440 g/mol. The third-order valence-electron chi connectivity index (χ3n) is 5.52. The molecule has 146 valence electrons. The third-order valence-corrected chi connectivity index (χ3v) is 7.08. The van der Waals surface area contributed by atoms with Crippen LogP contribution in [-0.2, 0) is 0 Å². The van der Waals surface area contributed by atoms with Gasteiger partial charge in [-0.05, 0) is 0 Å². The zero-order chi connectivity index (χ0) is 19.5. The van der Waals surface area contributed by atoms with Crippen molar-refractivity contribution < 1.29 is 9.84 Å². The zero-order valence-corrected chi connectivity index (χ0v) is 18.3. The molecule has 1 fully saturated rings. The van der Waals surface area contributed by atoms with Crippen molar-refractivity contribution in [3.63, 3.8) is 0 Å². The summed E-state index contributed by atoms with van der Waals surface area (Å²) < 4.78 is 6.06. The number of aryl methyl sites for hydroxylation is 2. The molecule has 0 amide bonds. The Hall–Kier alpha value is -2.00. The first-order chi connectivity index (χ1) is 13.6. The molecule has 1 aliphatic heterocycles. The number of ether oxygens (including phenoxy) is 1. The van der Waals surface area contributed by atoms with Crippen molar-refractivity contribution in [1.82, 2.24) is 4.90 Å². The molecule has 1 saturated heterocycles. The Bertz CT molecular complexity index is 957. The van der Waals surface area contributed by atoms with Gasteiger partial charge in [-0.15, -0.1) is 0 Å². The Kier molecular flexibility index (Phi) is 5.91. The van der Waals surface area contributed by atoms with Gasteiger partial charge in [0.2, 0.25) is 0 Å². The van der Waals surface area contributed by atoms with Crippen molar-refractivity contribution >= 4 is 14.5 Å². The number of aromatic hydroxyl groups is 1. The van der Waals surface area contributed by atoms with E-state index in [4.69, 9.17) is 4.74 Å². The Morgan fingerprint density at radius 2 is 1.57 bits per heavy atom. The van der Waals surface area contributed by atoms with E-state index in [0.717, 1.165) is 24.5 Å². The third kappa shape index (κ3) is 4.20. The van der Waals surface area contributed by atoms with Crippen molar-refractivity contribution in [2.75, 3.05) is 26.2 Å². The fraction of sp³-hybridized carbons (Fsp3) is 0.333. The van der Waals surface area contributed by atoms with Gasteiger partial charge < -0.3 is 0 Å². The van der Waals surface area contributed by atoms with Crippen LogP contribution in [0.4, 0.5) is 0 Å². The van der Waals surface area contributed by atoms with Crippen molar-refractivity contribution in [3.8, 4) is 33.8 Å². The quantitative estimate of drug-likeness (QED) is 0.555. The van der Waals surface area contributed by atoms with E-state index in [1.807, 2.05) is 13.0 Å². The summed E-state index contributed by atoms with van der Waals surface area (Å²) in [5.74, 6) is 1.34. The number of likely N-dealkylation sites (tertiary alicyclic amines) is 1. The zero-order valence-electron chi connectivity index (χ0n) is 16.6. The van der Waals surface area contributed by atoms with Crippen LogP contribution >= 0.6 is 0 Å². The number of hydrogen-bond acceptors (Lipinski definition) is 3. The van der Waals surface area contributed by atoms with Crippen LogP contribution in [0.15, 0.2) is 46.3 Å². The van der Waals surface area contributed by atoms with Crippen LogP contribution in [-0.4, -0.2) is 50.8 Å². The number of phenols is 1. The molecule has 2 heterocycles. The van der Waals surface area contributed by atoms with Gasteiger partial charge in [-0.1, -0.05) is 0 Å². The molecule has 2 aromatic carbocycles. The molecule has 1 aromatic heterocycles. The van der Waals surface area contributed by atoms with Gasteiger partial charge in [0, 0.05) is 0 Å². The number of nitrogens with zero attached hydrogens (tertiary/aromatic N) is 1. The molecule has 0 unspecified atom stereocenters. The second kappa shape index (κ2) is 8.57. The predicted molar refractivity (Wildman–Crippen MR) is 117 cm³/mol. The minimum absolute atomic E-state index is 0.352. The van der Waals surface area contributed by atoms with Crippen LogP contribution in [0.3, 0.4) is 0 Å².